The van der Waals surface area contributed by atoms with Crippen LogP contribution in [0.4, 0.5) is 5.82 Å². The Morgan fingerprint density at radius 1 is 1.65 bits per heavy atom. The number of carbonyl (C=O) groups is 1. The van der Waals surface area contributed by atoms with Crippen molar-refractivity contribution in [1.29, 1.82) is 0 Å². The van der Waals surface area contributed by atoms with Crippen LogP contribution < -0.4 is 9.64 Å². The van der Waals surface area contributed by atoms with Gasteiger partial charge in [0.25, 0.3) is 0 Å². The van der Waals surface area contributed by atoms with Crippen LogP contribution in [0, 0.1) is 11.8 Å². The number of hydrogen-bond donors (Lipinski definition) is 0. The molecule has 2 rings (SSSR count). The average molecular weight is 234 g/mol. The van der Waals surface area contributed by atoms with E-state index in [2.05, 4.69) is 18.8 Å². The van der Waals surface area contributed by atoms with Crippen LogP contribution in [0.2, 0.25) is 0 Å². The lowest BCUT2D eigenvalue weighted by Gasteiger charge is -2.22. The largest absolute Gasteiger partial charge is 0.489 e. The van der Waals surface area contributed by atoms with Crippen LogP contribution in [-0.2, 0) is 4.79 Å². The first-order chi connectivity index (χ1) is 8.15. The van der Waals surface area contributed by atoms with Crippen molar-refractivity contribution in [2.75, 3.05) is 18.6 Å². The van der Waals surface area contributed by atoms with Crippen molar-refractivity contribution in [3.63, 3.8) is 0 Å². The van der Waals surface area contributed by atoms with Gasteiger partial charge in [-0.2, -0.15) is 0 Å². The smallest absolute Gasteiger partial charge is 0.234 e. The van der Waals surface area contributed by atoms with Crippen molar-refractivity contribution in [1.82, 2.24) is 4.98 Å². The Labute approximate surface area is 102 Å². The van der Waals surface area contributed by atoms with E-state index >= 15 is 0 Å². The molecule has 1 aromatic rings. The fourth-order valence-corrected chi connectivity index (χ4v) is 2.04. The minimum atomic E-state index is -0.0841. The maximum atomic E-state index is 12.3. The molecule has 0 aliphatic carbocycles. The molecule has 0 saturated heterocycles. The molecule has 1 amide bonds. The van der Waals surface area contributed by atoms with Gasteiger partial charge in [0.15, 0.2) is 11.6 Å². The Bertz CT molecular complexity index is 420. The lowest BCUT2D eigenvalue weighted by molar-refractivity contribution is -0.124. The molecular weight excluding hydrogens is 216 g/mol. The van der Waals surface area contributed by atoms with E-state index in [1.807, 2.05) is 12.1 Å². The zero-order valence-electron chi connectivity index (χ0n) is 10.5. The van der Waals surface area contributed by atoms with Gasteiger partial charge >= 0.3 is 0 Å². The molecule has 0 bridgehead atoms. The van der Waals surface area contributed by atoms with Crippen molar-refractivity contribution < 1.29 is 9.53 Å². The SMILES string of the molecule is CC[C@H](C)[C@H]1COc2cccnc2N(C)C1=O. The zero-order valence-corrected chi connectivity index (χ0v) is 10.5. The van der Waals surface area contributed by atoms with Gasteiger partial charge in [-0.3, -0.25) is 9.69 Å². The molecule has 1 aliphatic rings. The van der Waals surface area contributed by atoms with Crippen LogP contribution in [0.1, 0.15) is 20.3 Å². The van der Waals surface area contributed by atoms with Gasteiger partial charge in [0.05, 0.1) is 5.92 Å². The number of nitrogens with zero attached hydrogens (tertiary/aromatic N) is 2. The maximum absolute atomic E-state index is 12.3. The maximum Gasteiger partial charge on any atom is 0.234 e. The number of pyridine rings is 1. The molecule has 0 radical (unpaired) electrons. The minimum absolute atomic E-state index is 0.0841. The van der Waals surface area contributed by atoms with Gasteiger partial charge in [-0.15, -0.1) is 0 Å². The first-order valence-electron chi connectivity index (χ1n) is 6.00. The van der Waals surface area contributed by atoms with Crippen molar-refractivity contribution in [2.24, 2.45) is 11.8 Å². The highest BCUT2D eigenvalue weighted by Gasteiger charge is 2.32. The topological polar surface area (TPSA) is 42.4 Å². The minimum Gasteiger partial charge on any atom is -0.489 e. The van der Waals surface area contributed by atoms with Gasteiger partial charge in [-0.05, 0) is 18.1 Å². The normalized spacial score (nSPS) is 21.5. The summed E-state index contributed by atoms with van der Waals surface area (Å²) in [5.41, 5.74) is 0. The van der Waals surface area contributed by atoms with E-state index in [0.29, 0.717) is 24.1 Å². The van der Waals surface area contributed by atoms with Gasteiger partial charge in [-0.25, -0.2) is 4.98 Å². The van der Waals surface area contributed by atoms with Gasteiger partial charge < -0.3 is 4.74 Å². The molecule has 2 atom stereocenters. The molecule has 17 heavy (non-hydrogen) atoms. The molecule has 0 aromatic carbocycles. The van der Waals surface area contributed by atoms with E-state index in [9.17, 15) is 4.79 Å². The molecule has 0 spiro atoms. The highest BCUT2D eigenvalue weighted by molar-refractivity contribution is 5.95. The Hall–Kier alpha value is -1.58. The molecule has 0 saturated carbocycles. The second kappa shape index (κ2) is 4.73. The van der Waals surface area contributed by atoms with Crippen molar-refractivity contribution >= 4 is 11.7 Å². The summed E-state index contributed by atoms with van der Waals surface area (Å²) in [5.74, 6) is 1.63. The number of fused-ring (bicyclic) bond motifs is 1. The predicted octanol–water partition coefficient (Wildman–Crippen LogP) is 2.10. The Balaban J connectivity index is 2.32. The van der Waals surface area contributed by atoms with Crippen LogP contribution in [-0.4, -0.2) is 24.5 Å². The average Bonchev–Trinajstić information content (AvgIpc) is 2.49. The number of amides is 1. The third-order valence-corrected chi connectivity index (χ3v) is 3.47. The molecule has 0 unspecified atom stereocenters. The van der Waals surface area contributed by atoms with Gasteiger partial charge in [0, 0.05) is 13.2 Å². The molecular formula is C13H18N2O2. The third kappa shape index (κ3) is 2.12. The molecule has 4 heteroatoms. The monoisotopic (exact) mass is 234 g/mol. The summed E-state index contributed by atoms with van der Waals surface area (Å²) in [7, 11) is 1.76. The second-order valence-electron chi connectivity index (χ2n) is 4.53. The number of anilines is 1. The highest BCUT2D eigenvalue weighted by atomic mass is 16.5. The summed E-state index contributed by atoms with van der Waals surface area (Å²) in [4.78, 5) is 18.1. The summed E-state index contributed by atoms with van der Waals surface area (Å²) in [6, 6.07) is 3.67. The van der Waals surface area contributed by atoms with E-state index in [1.165, 1.54) is 0 Å². The summed E-state index contributed by atoms with van der Waals surface area (Å²) < 4.78 is 5.70. The molecule has 2 heterocycles. The summed E-state index contributed by atoms with van der Waals surface area (Å²) in [6.45, 7) is 4.62. The van der Waals surface area contributed by atoms with Crippen molar-refractivity contribution in [3.05, 3.63) is 18.3 Å². The van der Waals surface area contributed by atoms with E-state index in [1.54, 1.807) is 18.1 Å². The number of ether oxygens (including phenoxy) is 1. The van der Waals surface area contributed by atoms with Gasteiger partial charge in [-0.1, -0.05) is 20.3 Å². The lowest BCUT2D eigenvalue weighted by Crippen LogP contribution is -2.37. The van der Waals surface area contributed by atoms with Gasteiger partial charge in [0.1, 0.15) is 6.61 Å². The summed E-state index contributed by atoms with van der Waals surface area (Å²) in [5, 5.41) is 0. The van der Waals surface area contributed by atoms with E-state index in [0.717, 1.165) is 6.42 Å². The Morgan fingerprint density at radius 2 is 2.41 bits per heavy atom. The first kappa shape index (κ1) is 11.9. The van der Waals surface area contributed by atoms with Crippen molar-refractivity contribution in [2.45, 2.75) is 20.3 Å². The molecule has 1 aliphatic heterocycles. The fourth-order valence-electron chi connectivity index (χ4n) is 2.04. The summed E-state index contributed by atoms with van der Waals surface area (Å²) >= 11 is 0. The van der Waals surface area contributed by atoms with Crippen LogP contribution in [0.25, 0.3) is 0 Å². The zero-order chi connectivity index (χ0) is 12.4. The number of carbonyl (C=O) groups excluding carboxylic acids is 1. The third-order valence-electron chi connectivity index (χ3n) is 3.47. The highest BCUT2D eigenvalue weighted by Crippen LogP contribution is 2.31. The Kier molecular flexibility index (Phi) is 3.31. The molecule has 4 nitrogen and oxygen atoms in total. The van der Waals surface area contributed by atoms with Crippen LogP contribution in [0.5, 0.6) is 5.75 Å². The molecule has 92 valence electrons. The van der Waals surface area contributed by atoms with Crippen LogP contribution >= 0.6 is 0 Å². The first-order valence-corrected chi connectivity index (χ1v) is 6.00. The van der Waals surface area contributed by atoms with E-state index in [-0.39, 0.29) is 11.8 Å². The standard InChI is InChI=1S/C13H18N2O2/c1-4-9(2)10-8-17-11-6-5-7-14-12(11)15(3)13(10)16/h5-7,9-10H,4,8H2,1-3H3/t9-,10+/m0/s1. The van der Waals surface area contributed by atoms with Gasteiger partial charge in [0.2, 0.25) is 5.91 Å². The predicted molar refractivity (Wildman–Crippen MR) is 66.1 cm³/mol. The lowest BCUT2D eigenvalue weighted by atomic mass is 9.91. The molecule has 0 N–H and O–H groups in total. The molecule has 0 fully saturated rings. The molecule has 1 aromatic heterocycles. The second-order valence-corrected chi connectivity index (χ2v) is 4.53. The number of hydrogen-bond acceptors (Lipinski definition) is 3. The van der Waals surface area contributed by atoms with Crippen molar-refractivity contribution in [3.8, 4) is 5.75 Å². The van der Waals surface area contributed by atoms with Crippen LogP contribution in [0.3, 0.4) is 0 Å². The Morgan fingerprint density at radius 3 is 3.12 bits per heavy atom. The number of aromatic nitrogens is 1. The van der Waals surface area contributed by atoms with Crippen LogP contribution in [0.15, 0.2) is 18.3 Å². The van der Waals surface area contributed by atoms with E-state index in [4.69, 9.17) is 4.74 Å². The quantitative estimate of drug-likeness (QED) is 0.787. The fraction of sp³-hybridized carbons (Fsp3) is 0.538. The number of rotatable bonds is 2. The summed E-state index contributed by atoms with van der Waals surface area (Å²) in [6.07, 6.45) is 2.65. The van der Waals surface area contributed by atoms with E-state index < -0.39 is 0 Å².